The van der Waals surface area contributed by atoms with E-state index in [9.17, 15) is 9.59 Å². The smallest absolute Gasteiger partial charge is 0.217 e. The normalized spacial score (nSPS) is 18.2. The second-order valence-electron chi connectivity index (χ2n) is 9.20. The molecule has 5 rings (SSSR count). The third kappa shape index (κ3) is 5.62. The summed E-state index contributed by atoms with van der Waals surface area (Å²) < 4.78 is 11.9. The molecule has 1 saturated heterocycles. The molecule has 2 aromatic carbocycles. The molecule has 9 nitrogen and oxygen atoms in total. The van der Waals surface area contributed by atoms with E-state index >= 15 is 0 Å². The minimum atomic E-state index is -0.139. The van der Waals surface area contributed by atoms with Crippen LogP contribution in [0.25, 0.3) is 11.0 Å². The van der Waals surface area contributed by atoms with Gasteiger partial charge in [-0.05, 0) is 56.2 Å². The summed E-state index contributed by atoms with van der Waals surface area (Å²) in [5.74, 6) is 1.76. The van der Waals surface area contributed by atoms with Crippen molar-refractivity contribution in [1.82, 2.24) is 20.3 Å². The lowest BCUT2D eigenvalue weighted by Crippen LogP contribution is -2.46. The van der Waals surface area contributed by atoms with Crippen LogP contribution in [0.4, 0.5) is 5.82 Å². The predicted octanol–water partition coefficient (Wildman–Crippen LogP) is 4.47. The molecule has 1 aliphatic heterocycles. The number of hydrogen-bond donors (Lipinski definition) is 3. The van der Waals surface area contributed by atoms with Gasteiger partial charge in [0.1, 0.15) is 29.3 Å². The topological polar surface area (TPSA) is 118 Å². The van der Waals surface area contributed by atoms with Gasteiger partial charge in [-0.1, -0.05) is 18.2 Å². The highest BCUT2D eigenvalue weighted by molar-refractivity contribution is 6.18. The zero-order valence-corrected chi connectivity index (χ0v) is 20.7. The number of anilines is 1. The van der Waals surface area contributed by atoms with Gasteiger partial charge < -0.3 is 25.1 Å². The van der Waals surface area contributed by atoms with Crippen molar-refractivity contribution in [2.75, 3.05) is 11.9 Å². The summed E-state index contributed by atoms with van der Waals surface area (Å²) in [7, 11) is 0. The van der Waals surface area contributed by atoms with Gasteiger partial charge in [0.25, 0.3) is 0 Å². The number of carbonyl (C=O) groups is 2. The standard InChI is InChI=1S/C28H29N5O4/c1-17(32-18(2)34)24-13-10-20(15-36-24)33-28-25-23(14-29-27(25)30-16-31-28)26(35)19-8-11-22(12-9-19)37-21-6-4-3-5-7-21/h3-9,11-12,14,16-17,20,24H,10,13,15H2,1-2H3,(H,32,34)(H2,29,30,31,33)/t17-,20+,24-/m0/s1. The molecular weight excluding hydrogens is 470 g/mol. The molecule has 2 aromatic heterocycles. The quantitative estimate of drug-likeness (QED) is 0.306. The van der Waals surface area contributed by atoms with Gasteiger partial charge in [-0.15, -0.1) is 0 Å². The first kappa shape index (κ1) is 24.5. The van der Waals surface area contributed by atoms with Gasteiger partial charge in [0.2, 0.25) is 5.91 Å². The molecule has 37 heavy (non-hydrogen) atoms. The van der Waals surface area contributed by atoms with Crippen molar-refractivity contribution < 1.29 is 19.1 Å². The van der Waals surface area contributed by atoms with Crippen molar-refractivity contribution >= 4 is 28.5 Å². The number of ketones is 1. The molecule has 0 spiro atoms. The molecule has 3 heterocycles. The van der Waals surface area contributed by atoms with E-state index in [1.54, 1.807) is 30.5 Å². The molecule has 3 atom stereocenters. The fourth-order valence-electron chi connectivity index (χ4n) is 4.59. The summed E-state index contributed by atoms with van der Waals surface area (Å²) in [5.41, 5.74) is 1.61. The van der Waals surface area contributed by atoms with Gasteiger partial charge in [0.15, 0.2) is 5.78 Å². The Balaban J connectivity index is 1.30. The first-order chi connectivity index (χ1) is 18.0. The largest absolute Gasteiger partial charge is 0.457 e. The van der Waals surface area contributed by atoms with Crippen molar-refractivity contribution in [3.63, 3.8) is 0 Å². The average Bonchev–Trinajstić information content (AvgIpc) is 3.35. The van der Waals surface area contributed by atoms with Crippen LogP contribution in [0.1, 0.15) is 42.6 Å². The van der Waals surface area contributed by atoms with E-state index in [4.69, 9.17) is 9.47 Å². The predicted molar refractivity (Wildman–Crippen MR) is 140 cm³/mol. The van der Waals surface area contributed by atoms with Gasteiger partial charge in [-0.3, -0.25) is 9.59 Å². The van der Waals surface area contributed by atoms with Crippen LogP contribution in [0, 0.1) is 0 Å². The van der Waals surface area contributed by atoms with Crippen LogP contribution < -0.4 is 15.4 Å². The number of aromatic amines is 1. The van der Waals surface area contributed by atoms with E-state index in [1.807, 2.05) is 37.3 Å². The van der Waals surface area contributed by atoms with Crippen LogP contribution in [0.5, 0.6) is 11.5 Å². The Morgan fingerprint density at radius 2 is 1.81 bits per heavy atom. The van der Waals surface area contributed by atoms with E-state index in [0.717, 1.165) is 18.6 Å². The van der Waals surface area contributed by atoms with E-state index in [2.05, 4.69) is 25.6 Å². The summed E-state index contributed by atoms with van der Waals surface area (Å²) in [6.07, 6.45) is 4.74. The zero-order chi connectivity index (χ0) is 25.8. The number of nitrogens with one attached hydrogen (secondary N) is 3. The number of rotatable bonds is 8. The zero-order valence-electron chi connectivity index (χ0n) is 20.7. The number of benzene rings is 2. The highest BCUT2D eigenvalue weighted by Crippen LogP contribution is 2.29. The molecule has 1 aliphatic rings. The van der Waals surface area contributed by atoms with Crippen LogP contribution in [0.15, 0.2) is 67.1 Å². The summed E-state index contributed by atoms with van der Waals surface area (Å²) in [6, 6.07) is 16.5. The van der Waals surface area contributed by atoms with Crippen molar-refractivity contribution in [2.24, 2.45) is 0 Å². The summed E-state index contributed by atoms with van der Waals surface area (Å²) in [5, 5.41) is 6.98. The molecule has 0 aliphatic carbocycles. The third-order valence-electron chi connectivity index (χ3n) is 6.45. The van der Waals surface area contributed by atoms with Crippen LogP contribution in [-0.2, 0) is 9.53 Å². The average molecular weight is 500 g/mol. The van der Waals surface area contributed by atoms with Crippen molar-refractivity contribution in [1.29, 1.82) is 0 Å². The third-order valence-corrected chi connectivity index (χ3v) is 6.45. The van der Waals surface area contributed by atoms with Gasteiger partial charge in [-0.2, -0.15) is 0 Å². The lowest BCUT2D eigenvalue weighted by atomic mass is 9.99. The Morgan fingerprint density at radius 1 is 1.05 bits per heavy atom. The van der Waals surface area contributed by atoms with Gasteiger partial charge in [0, 0.05) is 18.7 Å². The second-order valence-corrected chi connectivity index (χ2v) is 9.20. The summed E-state index contributed by atoms with van der Waals surface area (Å²) in [4.78, 5) is 36.6. The highest BCUT2D eigenvalue weighted by Gasteiger charge is 2.28. The maximum absolute atomic E-state index is 13.4. The van der Waals surface area contributed by atoms with E-state index < -0.39 is 0 Å². The van der Waals surface area contributed by atoms with Gasteiger partial charge in [-0.25, -0.2) is 9.97 Å². The Labute approximate surface area is 214 Å². The lowest BCUT2D eigenvalue weighted by Gasteiger charge is -2.33. The molecule has 0 unspecified atom stereocenters. The SMILES string of the molecule is CC(=O)N[C@@H](C)[C@@H]1CC[C@@H](Nc2ncnc3[nH]cc(C(=O)c4ccc(Oc5ccccc5)cc4)c23)CO1. The fraction of sp³-hybridized carbons (Fsp3) is 0.286. The van der Waals surface area contributed by atoms with Gasteiger partial charge >= 0.3 is 0 Å². The van der Waals surface area contributed by atoms with Crippen molar-refractivity contribution in [2.45, 2.75) is 44.9 Å². The summed E-state index contributed by atoms with van der Waals surface area (Å²) in [6.45, 7) is 3.93. The molecule has 190 valence electrons. The van der Waals surface area contributed by atoms with Crippen molar-refractivity contribution in [3.8, 4) is 11.5 Å². The number of nitrogens with zero attached hydrogens (tertiary/aromatic N) is 2. The molecule has 0 radical (unpaired) electrons. The Bertz CT molecular complexity index is 1380. The maximum atomic E-state index is 13.4. The van der Waals surface area contributed by atoms with Crippen LogP contribution in [0.2, 0.25) is 0 Å². The molecule has 0 saturated carbocycles. The number of amides is 1. The molecule has 0 bridgehead atoms. The second kappa shape index (κ2) is 10.8. The fourth-order valence-corrected chi connectivity index (χ4v) is 4.59. The van der Waals surface area contributed by atoms with Gasteiger partial charge in [0.05, 0.1) is 35.7 Å². The highest BCUT2D eigenvalue weighted by atomic mass is 16.5. The van der Waals surface area contributed by atoms with Crippen LogP contribution in [-0.4, -0.2) is 51.4 Å². The molecular formula is C28H29N5O4. The Kier molecular flexibility index (Phi) is 7.14. The van der Waals surface area contributed by atoms with E-state index in [-0.39, 0.29) is 29.9 Å². The van der Waals surface area contributed by atoms with Crippen molar-refractivity contribution in [3.05, 3.63) is 78.2 Å². The van der Waals surface area contributed by atoms with E-state index in [1.165, 1.54) is 13.3 Å². The Morgan fingerprint density at radius 3 is 2.51 bits per heavy atom. The first-order valence-electron chi connectivity index (χ1n) is 12.3. The number of para-hydroxylation sites is 1. The van der Waals surface area contributed by atoms with Crippen LogP contribution >= 0.6 is 0 Å². The van der Waals surface area contributed by atoms with Crippen LogP contribution in [0.3, 0.4) is 0 Å². The number of fused-ring (bicyclic) bond motifs is 1. The number of carbonyl (C=O) groups excluding carboxylic acids is 2. The number of aromatic nitrogens is 3. The van der Waals surface area contributed by atoms with E-state index in [0.29, 0.717) is 40.3 Å². The molecule has 1 amide bonds. The molecule has 4 aromatic rings. The minimum Gasteiger partial charge on any atom is -0.457 e. The molecule has 9 heteroatoms. The lowest BCUT2D eigenvalue weighted by molar-refractivity contribution is -0.121. The molecule has 3 N–H and O–H groups in total. The number of H-pyrrole nitrogens is 1. The maximum Gasteiger partial charge on any atom is 0.217 e. The molecule has 1 fully saturated rings. The monoisotopic (exact) mass is 499 g/mol. The first-order valence-corrected chi connectivity index (χ1v) is 12.3. The number of hydrogen-bond acceptors (Lipinski definition) is 7. The minimum absolute atomic E-state index is 0.0196. The Hall–Kier alpha value is -4.24. The summed E-state index contributed by atoms with van der Waals surface area (Å²) >= 11 is 0. The number of ether oxygens (including phenoxy) is 2.